The fourth-order valence-electron chi connectivity index (χ4n) is 2.86. The Morgan fingerprint density at radius 1 is 1.08 bits per heavy atom. The first kappa shape index (κ1) is 14.4. The van der Waals surface area contributed by atoms with Crippen molar-refractivity contribution in [3.63, 3.8) is 0 Å². The molecule has 0 spiro atoms. The average Bonchev–Trinajstić information content (AvgIpc) is 3.18. The number of nitrogens with two attached hydrogens (primary N) is 1. The zero-order valence-electron chi connectivity index (χ0n) is 13.5. The first-order valence-electron chi connectivity index (χ1n) is 7.72. The summed E-state index contributed by atoms with van der Waals surface area (Å²) in [5.74, 6) is 1.69. The molecule has 0 fully saturated rings. The number of anilines is 1. The van der Waals surface area contributed by atoms with Gasteiger partial charge in [-0.05, 0) is 37.1 Å². The Kier molecular flexibility index (Phi) is 3.30. The molecule has 6 heteroatoms. The van der Waals surface area contributed by atoms with Gasteiger partial charge < -0.3 is 10.2 Å². The monoisotopic (exact) mass is 319 g/mol. The van der Waals surface area contributed by atoms with Gasteiger partial charge in [0.2, 0.25) is 0 Å². The molecule has 120 valence electrons. The molecule has 0 aliphatic heterocycles. The molecule has 0 saturated carbocycles. The van der Waals surface area contributed by atoms with Crippen LogP contribution in [0.1, 0.15) is 17.0 Å². The summed E-state index contributed by atoms with van der Waals surface area (Å²) in [6.07, 6.45) is 1.62. The lowest BCUT2D eigenvalue weighted by atomic mass is 10.1. The number of rotatable bonds is 3. The molecule has 0 radical (unpaired) electrons. The highest BCUT2D eigenvalue weighted by molar-refractivity contribution is 5.97. The second-order valence-electron chi connectivity index (χ2n) is 5.76. The molecule has 4 aromatic rings. The van der Waals surface area contributed by atoms with E-state index in [-0.39, 0.29) is 0 Å². The van der Waals surface area contributed by atoms with Crippen molar-refractivity contribution in [2.75, 3.05) is 5.73 Å². The van der Waals surface area contributed by atoms with E-state index in [0.29, 0.717) is 29.6 Å². The normalized spacial score (nSPS) is 11.2. The minimum atomic E-state index is 0.417. The maximum atomic E-state index is 6.15. The number of furan rings is 1. The van der Waals surface area contributed by atoms with E-state index in [0.717, 1.165) is 11.0 Å². The van der Waals surface area contributed by atoms with E-state index >= 15 is 0 Å². The van der Waals surface area contributed by atoms with Crippen LogP contribution in [-0.2, 0) is 6.54 Å². The van der Waals surface area contributed by atoms with Gasteiger partial charge in [0, 0.05) is 0 Å². The molecule has 0 atom stereocenters. The van der Waals surface area contributed by atoms with Crippen molar-refractivity contribution in [1.29, 1.82) is 0 Å². The quantitative estimate of drug-likeness (QED) is 0.626. The zero-order chi connectivity index (χ0) is 16.7. The second-order valence-corrected chi connectivity index (χ2v) is 5.76. The summed E-state index contributed by atoms with van der Waals surface area (Å²) < 4.78 is 7.37. The molecular formula is C18H17N5O. The molecule has 0 saturated heterocycles. The SMILES string of the molecule is Cc1nc(N)c2c(-c3ccco3)nn(Cc3ccccc3C)c2n1. The van der Waals surface area contributed by atoms with Crippen LogP contribution in [0.25, 0.3) is 22.5 Å². The number of hydrogen-bond acceptors (Lipinski definition) is 5. The number of nitrogens with zero attached hydrogens (tertiary/aromatic N) is 4. The number of aryl methyl sites for hydroxylation is 2. The van der Waals surface area contributed by atoms with Gasteiger partial charge in [-0.3, -0.25) is 0 Å². The first-order valence-corrected chi connectivity index (χ1v) is 7.72. The van der Waals surface area contributed by atoms with Crippen LogP contribution in [0.2, 0.25) is 0 Å². The highest BCUT2D eigenvalue weighted by Crippen LogP contribution is 2.31. The van der Waals surface area contributed by atoms with Crippen molar-refractivity contribution in [2.24, 2.45) is 0 Å². The molecule has 0 aliphatic rings. The van der Waals surface area contributed by atoms with Crippen LogP contribution in [0.5, 0.6) is 0 Å². The molecule has 0 amide bonds. The Balaban J connectivity index is 1.94. The molecular weight excluding hydrogens is 302 g/mol. The van der Waals surface area contributed by atoms with E-state index < -0.39 is 0 Å². The molecule has 3 aromatic heterocycles. The van der Waals surface area contributed by atoms with Crippen LogP contribution >= 0.6 is 0 Å². The molecule has 3 heterocycles. The Labute approximate surface area is 139 Å². The summed E-state index contributed by atoms with van der Waals surface area (Å²) in [6, 6.07) is 11.9. The molecule has 6 nitrogen and oxygen atoms in total. The molecule has 4 rings (SSSR count). The van der Waals surface area contributed by atoms with E-state index in [2.05, 4.69) is 29.0 Å². The number of aromatic nitrogens is 4. The van der Waals surface area contributed by atoms with Crippen molar-refractivity contribution in [3.05, 3.63) is 59.6 Å². The van der Waals surface area contributed by atoms with E-state index in [4.69, 9.17) is 15.2 Å². The van der Waals surface area contributed by atoms with Gasteiger partial charge in [0.1, 0.15) is 17.3 Å². The molecule has 2 N–H and O–H groups in total. The molecule has 0 unspecified atom stereocenters. The average molecular weight is 319 g/mol. The van der Waals surface area contributed by atoms with Crippen LogP contribution in [0, 0.1) is 13.8 Å². The maximum Gasteiger partial charge on any atom is 0.164 e. The lowest BCUT2D eigenvalue weighted by molar-refractivity contribution is 0.577. The number of benzene rings is 1. The topological polar surface area (TPSA) is 82.8 Å². The fraction of sp³-hybridized carbons (Fsp3) is 0.167. The summed E-state index contributed by atoms with van der Waals surface area (Å²) >= 11 is 0. The van der Waals surface area contributed by atoms with Crippen LogP contribution in [0.4, 0.5) is 5.82 Å². The van der Waals surface area contributed by atoms with Crippen LogP contribution in [-0.4, -0.2) is 19.7 Å². The Hall–Kier alpha value is -3.15. The third kappa shape index (κ3) is 2.32. The summed E-state index contributed by atoms with van der Waals surface area (Å²) in [4.78, 5) is 8.84. The second kappa shape index (κ2) is 5.49. The van der Waals surface area contributed by atoms with E-state index in [1.807, 2.05) is 35.9 Å². The molecule has 1 aromatic carbocycles. The fourth-order valence-corrected chi connectivity index (χ4v) is 2.86. The number of fused-ring (bicyclic) bond motifs is 1. The van der Waals surface area contributed by atoms with Gasteiger partial charge in [-0.15, -0.1) is 0 Å². The summed E-state index contributed by atoms with van der Waals surface area (Å²) in [6.45, 7) is 4.52. The minimum Gasteiger partial charge on any atom is -0.463 e. The largest absolute Gasteiger partial charge is 0.463 e. The predicted octanol–water partition coefficient (Wildman–Crippen LogP) is 3.33. The third-order valence-corrected chi connectivity index (χ3v) is 4.07. The van der Waals surface area contributed by atoms with Crippen molar-refractivity contribution >= 4 is 16.9 Å². The van der Waals surface area contributed by atoms with Gasteiger partial charge in [-0.2, -0.15) is 5.10 Å². The lowest BCUT2D eigenvalue weighted by Gasteiger charge is -2.07. The number of hydrogen-bond donors (Lipinski definition) is 1. The number of nitrogen functional groups attached to an aromatic ring is 1. The highest BCUT2D eigenvalue weighted by atomic mass is 16.3. The zero-order valence-corrected chi connectivity index (χ0v) is 13.5. The summed E-state index contributed by atoms with van der Waals surface area (Å²) in [7, 11) is 0. The van der Waals surface area contributed by atoms with Crippen LogP contribution in [0.15, 0.2) is 47.1 Å². The van der Waals surface area contributed by atoms with Gasteiger partial charge in [0.25, 0.3) is 0 Å². The van der Waals surface area contributed by atoms with Crippen molar-refractivity contribution in [3.8, 4) is 11.5 Å². The van der Waals surface area contributed by atoms with Gasteiger partial charge in [-0.25, -0.2) is 14.6 Å². The lowest BCUT2D eigenvalue weighted by Crippen LogP contribution is -2.05. The standard InChI is InChI=1S/C18H17N5O/c1-11-6-3-4-7-13(11)10-23-18-15(17(19)20-12(2)21-18)16(22-23)14-8-5-9-24-14/h3-9H,10H2,1-2H3,(H2,19,20,21). The minimum absolute atomic E-state index is 0.417. The van der Waals surface area contributed by atoms with Crippen molar-refractivity contribution in [1.82, 2.24) is 19.7 Å². The van der Waals surface area contributed by atoms with Gasteiger partial charge in [0.05, 0.1) is 18.2 Å². The highest BCUT2D eigenvalue weighted by Gasteiger charge is 2.19. The molecule has 24 heavy (non-hydrogen) atoms. The van der Waals surface area contributed by atoms with E-state index in [9.17, 15) is 0 Å². The summed E-state index contributed by atoms with van der Waals surface area (Å²) in [5.41, 5.74) is 9.93. The van der Waals surface area contributed by atoms with Crippen molar-refractivity contribution in [2.45, 2.75) is 20.4 Å². The predicted molar refractivity (Wildman–Crippen MR) is 92.5 cm³/mol. The maximum absolute atomic E-state index is 6.15. The molecule has 0 aliphatic carbocycles. The Morgan fingerprint density at radius 2 is 1.92 bits per heavy atom. The Morgan fingerprint density at radius 3 is 2.67 bits per heavy atom. The van der Waals surface area contributed by atoms with Crippen molar-refractivity contribution < 1.29 is 4.42 Å². The van der Waals surface area contributed by atoms with Crippen LogP contribution in [0.3, 0.4) is 0 Å². The molecule has 0 bridgehead atoms. The van der Waals surface area contributed by atoms with Gasteiger partial charge >= 0.3 is 0 Å². The van der Waals surface area contributed by atoms with E-state index in [1.54, 1.807) is 6.26 Å². The summed E-state index contributed by atoms with van der Waals surface area (Å²) in [5, 5.41) is 5.44. The third-order valence-electron chi connectivity index (χ3n) is 4.07. The smallest absolute Gasteiger partial charge is 0.164 e. The van der Waals surface area contributed by atoms with E-state index in [1.165, 1.54) is 11.1 Å². The van der Waals surface area contributed by atoms with Gasteiger partial charge in [0.15, 0.2) is 11.4 Å². The first-order chi connectivity index (χ1) is 11.6. The van der Waals surface area contributed by atoms with Gasteiger partial charge in [-0.1, -0.05) is 24.3 Å². The Bertz CT molecular complexity index is 1020. The van der Waals surface area contributed by atoms with Crippen LogP contribution < -0.4 is 5.73 Å².